The van der Waals surface area contributed by atoms with Crippen molar-refractivity contribution in [3.8, 4) is 0 Å². The molecule has 7 rings (SSSR count). The molecule has 3 aliphatic rings. The Labute approximate surface area is 243 Å². The van der Waals surface area contributed by atoms with Gasteiger partial charge in [-0.2, -0.15) is 0 Å². The van der Waals surface area contributed by atoms with Gasteiger partial charge in [-0.3, -0.25) is 19.4 Å². The zero-order valence-electron chi connectivity index (χ0n) is 23.2. The first-order valence-electron chi connectivity index (χ1n) is 13.7. The van der Waals surface area contributed by atoms with Crippen LogP contribution in [0, 0.1) is 12.8 Å². The van der Waals surface area contributed by atoms with E-state index in [9.17, 15) is 23.2 Å². The third-order valence-electron chi connectivity index (χ3n) is 7.95. The van der Waals surface area contributed by atoms with Crippen molar-refractivity contribution in [1.29, 1.82) is 0 Å². The van der Waals surface area contributed by atoms with E-state index in [0.29, 0.717) is 40.8 Å². The molecule has 4 aromatic heterocycles. The number of imide groups is 1. The van der Waals surface area contributed by atoms with E-state index in [0.717, 1.165) is 10.6 Å². The Morgan fingerprint density at radius 2 is 1.91 bits per heavy atom. The summed E-state index contributed by atoms with van der Waals surface area (Å²) in [4.78, 5) is 61.7. The van der Waals surface area contributed by atoms with Crippen LogP contribution in [-0.4, -0.2) is 71.6 Å². The third kappa shape index (κ3) is 5.00. The number of nitrogens with zero attached hydrogens (tertiary/aromatic N) is 8. The summed E-state index contributed by atoms with van der Waals surface area (Å²) in [5, 5.41) is 5.96. The first-order chi connectivity index (χ1) is 20.6. The van der Waals surface area contributed by atoms with Crippen LogP contribution in [0.4, 0.5) is 30.9 Å². The summed E-state index contributed by atoms with van der Waals surface area (Å²) in [7, 11) is 1.38. The number of pyridine rings is 1. The van der Waals surface area contributed by atoms with Gasteiger partial charge in [0.05, 0.1) is 23.8 Å². The first kappa shape index (κ1) is 26.8. The fourth-order valence-electron chi connectivity index (χ4n) is 5.33. The number of aromatic nitrogens is 6. The summed E-state index contributed by atoms with van der Waals surface area (Å²) in [6.45, 7) is 1.87. The molecule has 0 bridgehead atoms. The van der Waals surface area contributed by atoms with E-state index in [1.54, 1.807) is 29.1 Å². The molecule has 0 spiro atoms. The Kier molecular flexibility index (Phi) is 6.07. The molecule has 4 aromatic rings. The second kappa shape index (κ2) is 9.74. The summed E-state index contributed by atoms with van der Waals surface area (Å²) in [5.74, 6) is -3.20. The summed E-state index contributed by atoms with van der Waals surface area (Å²) < 4.78 is 29.5. The molecule has 4 amide bonds. The van der Waals surface area contributed by atoms with Gasteiger partial charge >= 0.3 is 6.03 Å². The smallest absolute Gasteiger partial charge is 0.331 e. The largest absolute Gasteiger partial charge is 0.364 e. The number of anilines is 3. The van der Waals surface area contributed by atoms with E-state index in [1.807, 2.05) is 13.0 Å². The topological polar surface area (TPSA) is 151 Å². The third-order valence-corrected chi connectivity index (χ3v) is 7.95. The maximum atomic E-state index is 14.0. The minimum absolute atomic E-state index is 0.0275. The quantitative estimate of drug-likeness (QED) is 0.296. The van der Waals surface area contributed by atoms with E-state index >= 15 is 0 Å². The number of rotatable bonds is 8. The molecule has 5 heterocycles. The molecule has 3 atom stereocenters. The number of alkyl halides is 2. The lowest BCUT2D eigenvalue weighted by atomic mass is 10.1. The van der Waals surface area contributed by atoms with Gasteiger partial charge in [-0.05, 0) is 31.0 Å². The van der Waals surface area contributed by atoms with Crippen LogP contribution in [0.2, 0.25) is 0 Å². The Morgan fingerprint density at radius 1 is 1.12 bits per heavy atom. The Bertz CT molecular complexity index is 1810. The number of nitrogens with one attached hydrogen (secondary N) is 2. The van der Waals surface area contributed by atoms with Crippen LogP contribution in [0.1, 0.15) is 47.5 Å². The van der Waals surface area contributed by atoms with Crippen molar-refractivity contribution >= 4 is 40.8 Å². The van der Waals surface area contributed by atoms with Crippen molar-refractivity contribution in [2.45, 2.75) is 44.1 Å². The maximum absolute atomic E-state index is 14.0. The molecule has 3 fully saturated rings. The first-order valence-corrected chi connectivity index (χ1v) is 13.7. The fourth-order valence-corrected chi connectivity index (χ4v) is 5.33. The molecule has 2 saturated carbocycles. The van der Waals surface area contributed by atoms with Gasteiger partial charge in [0, 0.05) is 55.7 Å². The number of carbonyl (C=O) groups is 3. The average Bonchev–Trinajstić information content (AvgIpc) is 3.84. The van der Waals surface area contributed by atoms with Crippen LogP contribution in [0.5, 0.6) is 0 Å². The minimum atomic E-state index is -2.81. The van der Waals surface area contributed by atoms with Gasteiger partial charge < -0.3 is 15.0 Å². The number of likely N-dealkylation sites (N-methyl/N-ethyl adjacent to an activating group) is 1. The normalized spacial score (nSPS) is 22.3. The zero-order valence-corrected chi connectivity index (χ0v) is 23.2. The molecule has 3 unspecified atom stereocenters. The number of urea groups is 1. The van der Waals surface area contributed by atoms with Crippen LogP contribution >= 0.6 is 0 Å². The van der Waals surface area contributed by atoms with Crippen LogP contribution < -0.4 is 15.5 Å². The number of carbonyl (C=O) groups excluding carboxylic acids is 3. The van der Waals surface area contributed by atoms with Gasteiger partial charge in [-0.1, -0.05) is 0 Å². The lowest BCUT2D eigenvalue weighted by Crippen LogP contribution is -2.30. The van der Waals surface area contributed by atoms with E-state index in [-0.39, 0.29) is 42.9 Å². The molecule has 1 aliphatic heterocycles. The lowest BCUT2D eigenvalue weighted by Gasteiger charge is -2.17. The van der Waals surface area contributed by atoms with Crippen molar-refractivity contribution in [1.82, 2.24) is 34.2 Å². The van der Waals surface area contributed by atoms with Gasteiger partial charge in [-0.25, -0.2) is 38.5 Å². The van der Waals surface area contributed by atoms with Crippen molar-refractivity contribution in [2.24, 2.45) is 5.92 Å². The number of hydrogen-bond acceptors (Lipinski definition) is 9. The van der Waals surface area contributed by atoms with Crippen LogP contribution in [0.15, 0.2) is 43.1 Å². The molecule has 2 N–H and O–H groups in total. The lowest BCUT2D eigenvalue weighted by molar-refractivity contribution is -0.124. The Hall–Kier alpha value is -5.08. The van der Waals surface area contributed by atoms with Crippen LogP contribution in [0.3, 0.4) is 0 Å². The predicted octanol–water partition coefficient (Wildman–Crippen LogP) is 3.10. The van der Waals surface area contributed by atoms with Crippen molar-refractivity contribution in [2.75, 3.05) is 29.1 Å². The molecule has 1 saturated heterocycles. The number of halogens is 2. The van der Waals surface area contributed by atoms with Crippen molar-refractivity contribution in [3.63, 3.8) is 0 Å². The van der Waals surface area contributed by atoms with Gasteiger partial charge in [0.25, 0.3) is 5.92 Å². The second-order valence-corrected chi connectivity index (χ2v) is 11.1. The van der Waals surface area contributed by atoms with Crippen LogP contribution in [0.25, 0.3) is 5.65 Å². The summed E-state index contributed by atoms with van der Waals surface area (Å²) in [5.41, 5.74) is 2.39. The molecule has 220 valence electrons. The van der Waals surface area contributed by atoms with Gasteiger partial charge in [0.1, 0.15) is 30.3 Å². The van der Waals surface area contributed by atoms with Gasteiger partial charge in [-0.15, -0.1) is 0 Å². The average molecular weight is 589 g/mol. The van der Waals surface area contributed by atoms with Gasteiger partial charge in [0.15, 0.2) is 5.65 Å². The standard InChI is InChI=1S/C28H26F2N10O3/c1-14-3-4-31-24(35-14)17-6-18(17)26(42)37-22-7-21(33-13-34-22)32-9-16-11-39-10-15(19-8-28(19,29)30)5-20(25(39)36-16)40-12-23(41)38(2)27(40)43/h3-5,7,10-11,13,17-19H,6,8-9,12H2,1-2H3,(H2,32,33,34,37,42). The maximum Gasteiger partial charge on any atom is 0.331 e. The highest BCUT2D eigenvalue weighted by Crippen LogP contribution is 2.56. The monoisotopic (exact) mass is 588 g/mol. The second-order valence-electron chi connectivity index (χ2n) is 11.1. The van der Waals surface area contributed by atoms with E-state index < -0.39 is 23.8 Å². The molecule has 0 aromatic carbocycles. The van der Waals surface area contributed by atoms with Crippen molar-refractivity contribution < 1.29 is 23.2 Å². The number of fused-ring (bicyclic) bond motifs is 1. The van der Waals surface area contributed by atoms with Gasteiger partial charge in [0.2, 0.25) is 11.8 Å². The number of amides is 4. The number of aryl methyl sites for hydroxylation is 1. The highest BCUT2D eigenvalue weighted by Gasteiger charge is 2.58. The zero-order chi connectivity index (χ0) is 30.0. The highest BCUT2D eigenvalue weighted by atomic mass is 19.3. The Balaban J connectivity index is 1.07. The molecule has 43 heavy (non-hydrogen) atoms. The number of imidazole rings is 1. The summed E-state index contributed by atoms with van der Waals surface area (Å²) >= 11 is 0. The summed E-state index contributed by atoms with van der Waals surface area (Å²) in [6, 6.07) is 4.37. The molecule has 2 aliphatic carbocycles. The molecular weight excluding hydrogens is 562 g/mol. The highest BCUT2D eigenvalue weighted by molar-refractivity contribution is 6.13. The molecule has 0 radical (unpaired) electrons. The van der Waals surface area contributed by atoms with Crippen molar-refractivity contribution in [3.05, 3.63) is 65.9 Å². The van der Waals surface area contributed by atoms with Crippen LogP contribution in [-0.2, 0) is 16.1 Å². The molecular formula is C28H26F2N10O3. The SMILES string of the molecule is Cc1ccnc(C2CC2C(=O)Nc2cc(NCc3cn4cc(C5CC5(F)F)cc(N5CC(=O)N(C)C5=O)c4n3)ncn2)n1. The van der Waals surface area contributed by atoms with E-state index in [4.69, 9.17) is 0 Å². The fraction of sp³-hybridized carbons (Fsp3) is 0.357. The van der Waals surface area contributed by atoms with E-state index in [2.05, 4.69) is 35.6 Å². The Morgan fingerprint density at radius 3 is 2.63 bits per heavy atom. The van der Waals surface area contributed by atoms with E-state index in [1.165, 1.54) is 24.3 Å². The predicted molar refractivity (Wildman–Crippen MR) is 149 cm³/mol. The number of hydrogen-bond donors (Lipinski definition) is 2. The summed E-state index contributed by atoms with van der Waals surface area (Å²) in [6.07, 6.45) is 6.65. The minimum Gasteiger partial charge on any atom is -0.364 e. The molecule has 15 heteroatoms. The molecule has 13 nitrogen and oxygen atoms in total.